The Bertz CT molecular complexity index is 1660. The minimum absolute atomic E-state index is 0.101. The van der Waals surface area contributed by atoms with Gasteiger partial charge in [-0.15, -0.1) is 0 Å². The van der Waals surface area contributed by atoms with E-state index in [-0.39, 0.29) is 37.3 Å². The van der Waals surface area contributed by atoms with E-state index in [0.717, 1.165) is 51.1 Å². The molecule has 5 rings (SSSR count). The molecule has 52 heavy (non-hydrogen) atoms. The highest BCUT2D eigenvalue weighted by Gasteiger charge is 2.37. The van der Waals surface area contributed by atoms with Crippen molar-refractivity contribution >= 4 is 16.7 Å². The molecule has 1 heterocycles. The summed E-state index contributed by atoms with van der Waals surface area (Å²) in [5.74, 6) is 2.07. The van der Waals surface area contributed by atoms with E-state index in [4.69, 9.17) is 37.9 Å². The molecule has 1 N–H and O–H groups in total. The lowest BCUT2D eigenvalue weighted by Gasteiger charge is -2.39. The van der Waals surface area contributed by atoms with Crippen LogP contribution in [0.15, 0.2) is 84.9 Å². The molecule has 4 aromatic rings. The van der Waals surface area contributed by atoms with E-state index in [2.05, 4.69) is 35.6 Å². The van der Waals surface area contributed by atoms with E-state index in [0.29, 0.717) is 52.4 Å². The number of esters is 1. The lowest BCUT2D eigenvalue weighted by atomic mass is 9.85. The largest absolute Gasteiger partial charge is 0.496 e. The lowest BCUT2D eigenvalue weighted by molar-refractivity contribution is -0.158. The summed E-state index contributed by atoms with van der Waals surface area (Å²) in [5, 5.41) is 5.67. The molecule has 0 saturated carbocycles. The van der Waals surface area contributed by atoms with Crippen molar-refractivity contribution in [2.45, 2.75) is 63.6 Å². The van der Waals surface area contributed by atoms with Gasteiger partial charge in [0, 0.05) is 49.9 Å². The van der Waals surface area contributed by atoms with Gasteiger partial charge in [-0.05, 0) is 53.3 Å². The zero-order valence-electron chi connectivity index (χ0n) is 30.8. The third-order valence-corrected chi connectivity index (χ3v) is 9.08. The minimum Gasteiger partial charge on any atom is -0.496 e. The molecule has 0 amide bonds. The van der Waals surface area contributed by atoms with Crippen LogP contribution in [0.1, 0.15) is 48.8 Å². The van der Waals surface area contributed by atoms with Crippen LogP contribution in [0, 0.1) is 0 Å². The first-order chi connectivity index (χ1) is 25.5. The molecule has 4 aromatic carbocycles. The van der Waals surface area contributed by atoms with Gasteiger partial charge in [0.05, 0.1) is 66.1 Å². The predicted molar refractivity (Wildman–Crippen MR) is 200 cm³/mol. The molecule has 1 aliphatic heterocycles. The van der Waals surface area contributed by atoms with Crippen molar-refractivity contribution < 1.29 is 42.7 Å². The summed E-state index contributed by atoms with van der Waals surface area (Å²) >= 11 is 0. The summed E-state index contributed by atoms with van der Waals surface area (Å²) in [7, 11) is 4.95. The van der Waals surface area contributed by atoms with Crippen LogP contribution in [0.4, 0.5) is 0 Å². The number of rotatable bonds is 21. The normalized spacial score (nSPS) is 17.8. The number of carbonyl (C=O) groups excluding carboxylic acids is 1. The summed E-state index contributed by atoms with van der Waals surface area (Å²) in [6, 6.07) is 28.4. The van der Waals surface area contributed by atoms with Gasteiger partial charge in [-0.3, -0.25) is 4.79 Å². The fraction of sp³-hybridized carbons (Fsp3) is 0.452. The van der Waals surface area contributed by atoms with E-state index < -0.39 is 6.10 Å². The molecule has 10 heteroatoms. The SMILES string of the molecule is CCCC(=O)OC(COC)COC1CNCC(OCc2cc(OC)c3ccccc3c2)C1c1ccc(OCCCOCc2ccccc2OC)cc1. The number of para-hydroxylation sites is 1. The molecule has 1 fully saturated rings. The highest BCUT2D eigenvalue weighted by atomic mass is 16.6. The molecular formula is C42H53NO9. The number of nitrogens with one attached hydrogen (secondary N) is 1. The highest BCUT2D eigenvalue weighted by Crippen LogP contribution is 2.33. The first-order valence-corrected chi connectivity index (χ1v) is 18.1. The maximum absolute atomic E-state index is 12.3. The first kappa shape index (κ1) is 39.0. The molecule has 0 aromatic heterocycles. The zero-order chi connectivity index (χ0) is 36.5. The van der Waals surface area contributed by atoms with Crippen LogP contribution in [0.3, 0.4) is 0 Å². The number of ether oxygens (including phenoxy) is 8. The number of piperidine rings is 1. The standard InChI is InChI=1S/C42H53NO9/c1-5-11-41(44)52-35(28-45-2)29-51-40-25-43-24-39(50-26-30-22-32-12-6-8-14-36(32)38(23-30)47-4)42(40)31-16-18-34(19-17-31)49-21-10-20-48-27-33-13-7-9-15-37(33)46-3/h6-9,12-19,22-23,35,39-40,42-43H,5,10-11,20-21,24-29H2,1-4H3. The number of benzene rings is 4. The summed E-state index contributed by atoms with van der Waals surface area (Å²) in [6.07, 6.45) is 0.863. The summed E-state index contributed by atoms with van der Waals surface area (Å²) in [5.41, 5.74) is 3.12. The van der Waals surface area contributed by atoms with Crippen molar-refractivity contribution in [1.82, 2.24) is 5.32 Å². The van der Waals surface area contributed by atoms with Crippen molar-refractivity contribution in [3.8, 4) is 17.2 Å². The first-order valence-electron chi connectivity index (χ1n) is 18.1. The Morgan fingerprint density at radius 2 is 1.56 bits per heavy atom. The minimum atomic E-state index is -0.509. The molecule has 0 radical (unpaired) electrons. The van der Waals surface area contributed by atoms with Crippen LogP contribution < -0.4 is 19.5 Å². The summed E-state index contributed by atoms with van der Waals surface area (Å²) < 4.78 is 47.3. The van der Waals surface area contributed by atoms with Gasteiger partial charge in [0.2, 0.25) is 0 Å². The number of hydrogen-bond donors (Lipinski definition) is 1. The Hall–Kier alpha value is -4.19. The van der Waals surface area contributed by atoms with E-state index in [1.807, 2.05) is 61.5 Å². The van der Waals surface area contributed by atoms with Crippen LogP contribution in [-0.4, -0.2) is 85.1 Å². The average Bonchev–Trinajstić information content (AvgIpc) is 3.17. The Balaban J connectivity index is 1.24. The molecule has 4 atom stereocenters. The highest BCUT2D eigenvalue weighted by molar-refractivity contribution is 5.89. The maximum Gasteiger partial charge on any atom is 0.306 e. The maximum atomic E-state index is 12.3. The van der Waals surface area contributed by atoms with Crippen molar-refractivity contribution in [3.63, 3.8) is 0 Å². The predicted octanol–water partition coefficient (Wildman–Crippen LogP) is 6.86. The molecule has 0 aliphatic carbocycles. The third-order valence-electron chi connectivity index (χ3n) is 9.08. The Labute approximate surface area is 307 Å². The van der Waals surface area contributed by atoms with E-state index in [9.17, 15) is 4.79 Å². The third kappa shape index (κ3) is 11.2. The second-order valence-electron chi connectivity index (χ2n) is 12.9. The fourth-order valence-corrected chi connectivity index (χ4v) is 6.53. The van der Waals surface area contributed by atoms with Gasteiger partial charge in [0.1, 0.15) is 23.4 Å². The number of methoxy groups -OCH3 is 3. The fourth-order valence-electron chi connectivity index (χ4n) is 6.53. The van der Waals surface area contributed by atoms with Crippen LogP contribution in [0.2, 0.25) is 0 Å². The monoisotopic (exact) mass is 715 g/mol. The molecule has 280 valence electrons. The van der Waals surface area contributed by atoms with Gasteiger partial charge in [0.25, 0.3) is 0 Å². The van der Waals surface area contributed by atoms with Gasteiger partial charge >= 0.3 is 5.97 Å². The molecule has 0 bridgehead atoms. The van der Waals surface area contributed by atoms with Crippen molar-refractivity contribution in [2.24, 2.45) is 0 Å². The molecular weight excluding hydrogens is 662 g/mol. The van der Waals surface area contributed by atoms with E-state index in [1.54, 1.807) is 21.3 Å². The molecule has 4 unspecified atom stereocenters. The van der Waals surface area contributed by atoms with E-state index >= 15 is 0 Å². The molecule has 0 spiro atoms. The Kier molecular flexibility index (Phi) is 15.6. The van der Waals surface area contributed by atoms with Gasteiger partial charge in [-0.2, -0.15) is 0 Å². The average molecular weight is 716 g/mol. The summed E-state index contributed by atoms with van der Waals surface area (Å²) in [6.45, 7) is 5.67. The van der Waals surface area contributed by atoms with Crippen LogP contribution >= 0.6 is 0 Å². The molecule has 10 nitrogen and oxygen atoms in total. The van der Waals surface area contributed by atoms with Gasteiger partial charge in [-0.25, -0.2) is 0 Å². The molecule has 1 saturated heterocycles. The molecule has 1 aliphatic rings. The zero-order valence-corrected chi connectivity index (χ0v) is 30.8. The number of hydrogen-bond acceptors (Lipinski definition) is 10. The quantitative estimate of drug-likeness (QED) is 0.0728. The van der Waals surface area contributed by atoms with Crippen LogP contribution in [0.5, 0.6) is 17.2 Å². The lowest BCUT2D eigenvalue weighted by Crippen LogP contribution is -2.51. The van der Waals surface area contributed by atoms with Gasteiger partial charge in [-0.1, -0.05) is 61.5 Å². The Morgan fingerprint density at radius 3 is 2.33 bits per heavy atom. The second-order valence-corrected chi connectivity index (χ2v) is 12.9. The van der Waals surface area contributed by atoms with Crippen molar-refractivity contribution in [1.29, 1.82) is 0 Å². The van der Waals surface area contributed by atoms with E-state index in [1.165, 1.54) is 0 Å². The summed E-state index contributed by atoms with van der Waals surface area (Å²) in [4.78, 5) is 12.3. The van der Waals surface area contributed by atoms with Crippen molar-refractivity contribution in [2.75, 3.05) is 60.8 Å². The Morgan fingerprint density at radius 1 is 0.808 bits per heavy atom. The number of carbonyl (C=O) groups is 1. The van der Waals surface area contributed by atoms with Crippen molar-refractivity contribution in [3.05, 3.63) is 102 Å². The van der Waals surface area contributed by atoms with Gasteiger partial charge < -0.3 is 43.2 Å². The second kappa shape index (κ2) is 20.7. The van der Waals surface area contributed by atoms with Crippen LogP contribution in [-0.2, 0) is 41.7 Å². The topological polar surface area (TPSA) is 103 Å². The van der Waals surface area contributed by atoms with Crippen LogP contribution in [0.25, 0.3) is 10.8 Å². The number of fused-ring (bicyclic) bond motifs is 1. The van der Waals surface area contributed by atoms with Gasteiger partial charge in [0.15, 0.2) is 0 Å². The smallest absolute Gasteiger partial charge is 0.306 e.